The zero-order valence-electron chi connectivity index (χ0n) is 12.7. The SMILES string of the molecule is Cc1nn(C)c(C)c1CNC(=O)C1(C)CCCCN1.Cl. The van der Waals surface area contributed by atoms with Crippen molar-refractivity contribution in [1.82, 2.24) is 20.4 Å². The number of nitrogens with zero attached hydrogens (tertiary/aromatic N) is 2. The van der Waals surface area contributed by atoms with E-state index in [9.17, 15) is 4.79 Å². The molecule has 0 aromatic carbocycles. The van der Waals surface area contributed by atoms with Crippen LogP contribution in [0.1, 0.15) is 43.1 Å². The standard InChI is InChI=1S/C14H24N4O.ClH/c1-10-12(11(2)18(4)17-10)9-15-13(19)14(3)7-5-6-8-16-14;/h16H,5-9H2,1-4H3,(H,15,19);1H. The highest BCUT2D eigenvalue weighted by Gasteiger charge is 2.34. The van der Waals surface area contributed by atoms with E-state index in [0.29, 0.717) is 6.54 Å². The van der Waals surface area contributed by atoms with Crippen molar-refractivity contribution in [3.05, 3.63) is 17.0 Å². The Labute approximate surface area is 126 Å². The Morgan fingerprint density at radius 3 is 2.65 bits per heavy atom. The number of piperidine rings is 1. The maximum absolute atomic E-state index is 12.3. The van der Waals surface area contributed by atoms with Crippen molar-refractivity contribution in [3.8, 4) is 0 Å². The van der Waals surface area contributed by atoms with Gasteiger partial charge in [-0.3, -0.25) is 9.48 Å². The summed E-state index contributed by atoms with van der Waals surface area (Å²) >= 11 is 0. The van der Waals surface area contributed by atoms with Crippen LogP contribution in [0.5, 0.6) is 0 Å². The van der Waals surface area contributed by atoms with Gasteiger partial charge in [-0.05, 0) is 46.6 Å². The zero-order chi connectivity index (χ0) is 14.0. The van der Waals surface area contributed by atoms with E-state index in [2.05, 4.69) is 15.7 Å². The van der Waals surface area contributed by atoms with Crippen LogP contribution in [0.2, 0.25) is 0 Å². The van der Waals surface area contributed by atoms with Crippen molar-refractivity contribution in [1.29, 1.82) is 0 Å². The number of halogens is 1. The number of hydrogen-bond donors (Lipinski definition) is 2. The first-order valence-electron chi connectivity index (χ1n) is 6.96. The maximum atomic E-state index is 12.3. The van der Waals surface area contributed by atoms with Gasteiger partial charge >= 0.3 is 0 Å². The molecule has 1 aromatic heterocycles. The lowest BCUT2D eigenvalue weighted by molar-refractivity contribution is -0.128. The van der Waals surface area contributed by atoms with Crippen LogP contribution in [0.4, 0.5) is 0 Å². The largest absolute Gasteiger partial charge is 0.350 e. The lowest BCUT2D eigenvalue weighted by Crippen LogP contribution is -2.56. The second kappa shape index (κ2) is 6.59. The van der Waals surface area contributed by atoms with Gasteiger partial charge in [-0.1, -0.05) is 0 Å². The van der Waals surface area contributed by atoms with E-state index in [0.717, 1.165) is 42.8 Å². The van der Waals surface area contributed by atoms with Crippen LogP contribution in [0, 0.1) is 13.8 Å². The molecule has 1 saturated heterocycles. The highest BCUT2D eigenvalue weighted by atomic mass is 35.5. The molecule has 1 unspecified atom stereocenters. The molecule has 1 aromatic rings. The van der Waals surface area contributed by atoms with Gasteiger partial charge < -0.3 is 10.6 Å². The summed E-state index contributed by atoms with van der Waals surface area (Å²) in [6.45, 7) is 7.48. The van der Waals surface area contributed by atoms with E-state index < -0.39 is 5.54 Å². The fourth-order valence-corrected chi connectivity index (χ4v) is 2.69. The third kappa shape index (κ3) is 3.33. The van der Waals surface area contributed by atoms with E-state index in [1.807, 2.05) is 32.5 Å². The third-order valence-corrected chi connectivity index (χ3v) is 4.20. The number of aromatic nitrogens is 2. The molecule has 6 heteroatoms. The van der Waals surface area contributed by atoms with Crippen LogP contribution in [0.15, 0.2) is 0 Å². The molecule has 1 aliphatic rings. The molecule has 0 bridgehead atoms. The van der Waals surface area contributed by atoms with Crippen molar-refractivity contribution in [3.63, 3.8) is 0 Å². The average molecular weight is 301 g/mol. The molecule has 5 nitrogen and oxygen atoms in total. The molecular formula is C14H25ClN4O. The monoisotopic (exact) mass is 300 g/mol. The van der Waals surface area contributed by atoms with Gasteiger partial charge in [-0.25, -0.2) is 0 Å². The van der Waals surface area contributed by atoms with Gasteiger partial charge in [0.2, 0.25) is 5.91 Å². The minimum Gasteiger partial charge on any atom is -0.350 e. The fraction of sp³-hybridized carbons (Fsp3) is 0.714. The minimum atomic E-state index is -0.414. The van der Waals surface area contributed by atoms with Crippen molar-refractivity contribution in [2.45, 2.75) is 52.1 Å². The molecular weight excluding hydrogens is 276 g/mol. The molecule has 1 atom stereocenters. The molecule has 2 rings (SSSR count). The summed E-state index contributed by atoms with van der Waals surface area (Å²) in [6.07, 6.45) is 3.18. The van der Waals surface area contributed by atoms with Crippen LogP contribution in [-0.4, -0.2) is 27.8 Å². The lowest BCUT2D eigenvalue weighted by Gasteiger charge is -2.33. The molecule has 20 heavy (non-hydrogen) atoms. The lowest BCUT2D eigenvalue weighted by atomic mass is 9.90. The van der Waals surface area contributed by atoms with Gasteiger partial charge in [-0.15, -0.1) is 12.4 Å². The summed E-state index contributed by atoms with van der Waals surface area (Å²) in [5, 5.41) is 10.8. The quantitative estimate of drug-likeness (QED) is 0.891. The summed E-state index contributed by atoms with van der Waals surface area (Å²) < 4.78 is 1.86. The maximum Gasteiger partial charge on any atom is 0.240 e. The molecule has 2 N–H and O–H groups in total. The Hall–Kier alpha value is -1.07. The summed E-state index contributed by atoms with van der Waals surface area (Å²) in [4.78, 5) is 12.3. The van der Waals surface area contributed by atoms with Crippen LogP contribution in [-0.2, 0) is 18.4 Å². The second-order valence-corrected chi connectivity index (χ2v) is 5.67. The minimum absolute atomic E-state index is 0. The smallest absolute Gasteiger partial charge is 0.240 e. The Morgan fingerprint density at radius 1 is 1.45 bits per heavy atom. The van der Waals surface area contributed by atoms with Crippen molar-refractivity contribution in [2.24, 2.45) is 7.05 Å². The van der Waals surface area contributed by atoms with Crippen molar-refractivity contribution in [2.75, 3.05) is 6.54 Å². The Kier molecular flexibility index (Phi) is 5.59. The summed E-state index contributed by atoms with van der Waals surface area (Å²) in [5.74, 6) is 0.0925. The molecule has 114 valence electrons. The van der Waals surface area contributed by atoms with E-state index in [1.165, 1.54) is 0 Å². The van der Waals surface area contributed by atoms with Gasteiger partial charge in [0, 0.05) is 24.8 Å². The predicted molar refractivity (Wildman–Crippen MR) is 82.0 cm³/mol. The van der Waals surface area contributed by atoms with E-state index in [1.54, 1.807) is 0 Å². The fourth-order valence-electron chi connectivity index (χ4n) is 2.69. The first-order valence-corrected chi connectivity index (χ1v) is 6.96. The van der Waals surface area contributed by atoms with Crippen LogP contribution in [0.3, 0.4) is 0 Å². The van der Waals surface area contributed by atoms with Gasteiger partial charge in [0.05, 0.1) is 11.2 Å². The third-order valence-electron chi connectivity index (χ3n) is 4.20. The summed E-state index contributed by atoms with van der Waals surface area (Å²) in [5.41, 5.74) is 2.80. The molecule has 0 saturated carbocycles. The second-order valence-electron chi connectivity index (χ2n) is 5.67. The first kappa shape index (κ1) is 17.0. The van der Waals surface area contributed by atoms with Crippen molar-refractivity contribution >= 4 is 18.3 Å². The highest BCUT2D eigenvalue weighted by molar-refractivity contribution is 5.86. The molecule has 1 fully saturated rings. The summed E-state index contributed by atoms with van der Waals surface area (Å²) in [6, 6.07) is 0. The van der Waals surface area contributed by atoms with Crippen molar-refractivity contribution < 1.29 is 4.79 Å². The van der Waals surface area contributed by atoms with E-state index in [4.69, 9.17) is 0 Å². The number of carbonyl (C=O) groups excluding carboxylic acids is 1. The predicted octanol–water partition coefficient (Wildman–Crippen LogP) is 1.61. The van der Waals surface area contributed by atoms with Gasteiger partial charge in [-0.2, -0.15) is 5.10 Å². The first-order chi connectivity index (χ1) is 8.94. The Balaban J connectivity index is 0.00000200. The van der Waals surface area contributed by atoms with Gasteiger partial charge in [0.25, 0.3) is 0 Å². The molecule has 1 amide bonds. The van der Waals surface area contributed by atoms with E-state index in [-0.39, 0.29) is 18.3 Å². The highest BCUT2D eigenvalue weighted by Crippen LogP contribution is 2.19. The number of amides is 1. The molecule has 0 spiro atoms. The number of aryl methyl sites for hydroxylation is 2. The molecule has 0 aliphatic carbocycles. The van der Waals surface area contributed by atoms with Crippen LogP contribution >= 0.6 is 12.4 Å². The molecule has 0 radical (unpaired) electrons. The summed E-state index contributed by atoms with van der Waals surface area (Å²) in [7, 11) is 1.93. The Morgan fingerprint density at radius 2 is 2.15 bits per heavy atom. The molecule has 2 heterocycles. The topological polar surface area (TPSA) is 59.0 Å². The number of carbonyl (C=O) groups is 1. The van der Waals surface area contributed by atoms with E-state index >= 15 is 0 Å². The normalized spacial score (nSPS) is 22.2. The zero-order valence-corrected chi connectivity index (χ0v) is 13.6. The average Bonchev–Trinajstić information content (AvgIpc) is 2.62. The number of nitrogens with one attached hydrogen (secondary N) is 2. The number of rotatable bonds is 3. The van der Waals surface area contributed by atoms with Gasteiger partial charge in [0.1, 0.15) is 0 Å². The van der Waals surface area contributed by atoms with Crippen LogP contribution in [0.25, 0.3) is 0 Å². The Bertz CT molecular complexity index is 478. The molecule has 1 aliphatic heterocycles. The van der Waals surface area contributed by atoms with Gasteiger partial charge in [0.15, 0.2) is 0 Å². The number of hydrogen-bond acceptors (Lipinski definition) is 3. The van der Waals surface area contributed by atoms with Crippen LogP contribution < -0.4 is 10.6 Å².